The zero-order chi connectivity index (χ0) is 47.9. The standard InChI is InChI=1S/C48H82N6O9/c1-16-31(6)42(53(13)47(61)40(29(2)3)51-46(60)41(30(4)5)52(12)38(56)25-24-37(55)49-28-48(9,10)11)36(62-14)27-39(57)54-26-20-23-35(54)44(63-15)32(7)45(59)50-33(8)43(58)34-21-18-17-19-22-34/h17-19,21-22,29-33,35-36,40-44,58H,16,20,23-28H2,1-15H3,(H,49,55)(H,50,59)(H,51,60)/t31-,32+,33+,35-,36+,40-,41?,42?,43+,44+/m0/s1. The average Bonchev–Trinajstić information content (AvgIpc) is 3.72. The van der Waals surface area contributed by atoms with Crippen LogP contribution in [0.5, 0.6) is 0 Å². The summed E-state index contributed by atoms with van der Waals surface area (Å²) in [6.45, 7) is 21.8. The maximum Gasteiger partial charge on any atom is 0.245 e. The van der Waals surface area contributed by atoms with Gasteiger partial charge in [-0.15, -0.1) is 0 Å². The molecule has 0 bridgehead atoms. The first-order valence-electron chi connectivity index (χ1n) is 22.9. The molecule has 2 unspecified atom stereocenters. The van der Waals surface area contributed by atoms with Crippen molar-refractivity contribution in [3.8, 4) is 0 Å². The number of carbonyl (C=O) groups is 6. The molecule has 4 N–H and O–H groups in total. The molecule has 1 aromatic carbocycles. The van der Waals surface area contributed by atoms with Crippen LogP contribution in [0.2, 0.25) is 0 Å². The fourth-order valence-corrected chi connectivity index (χ4v) is 8.58. The molecule has 6 amide bonds. The van der Waals surface area contributed by atoms with Crippen LogP contribution in [-0.2, 0) is 38.2 Å². The number of aliphatic hydroxyl groups is 1. The van der Waals surface area contributed by atoms with Crippen LogP contribution in [0.1, 0.15) is 126 Å². The molecule has 15 heteroatoms. The molecular formula is C48H82N6O9. The van der Waals surface area contributed by atoms with E-state index in [1.165, 1.54) is 19.1 Å². The van der Waals surface area contributed by atoms with Crippen molar-refractivity contribution in [3.05, 3.63) is 35.9 Å². The number of ether oxygens (including phenoxy) is 2. The zero-order valence-corrected chi connectivity index (χ0v) is 41.0. The number of benzene rings is 1. The zero-order valence-electron chi connectivity index (χ0n) is 41.0. The molecule has 10 atom stereocenters. The predicted molar refractivity (Wildman–Crippen MR) is 245 cm³/mol. The van der Waals surface area contributed by atoms with Crippen molar-refractivity contribution >= 4 is 35.4 Å². The topological polar surface area (TPSA) is 187 Å². The Morgan fingerprint density at radius 1 is 0.857 bits per heavy atom. The lowest BCUT2D eigenvalue weighted by molar-refractivity contribution is -0.148. The van der Waals surface area contributed by atoms with Gasteiger partial charge in [-0.05, 0) is 48.5 Å². The van der Waals surface area contributed by atoms with Gasteiger partial charge in [0.25, 0.3) is 0 Å². The number of likely N-dealkylation sites (N-methyl/N-ethyl adjacent to an activating group) is 2. The lowest BCUT2D eigenvalue weighted by Gasteiger charge is -2.41. The molecular weight excluding hydrogens is 805 g/mol. The fraction of sp³-hybridized carbons (Fsp3) is 0.750. The van der Waals surface area contributed by atoms with E-state index < -0.39 is 54.3 Å². The van der Waals surface area contributed by atoms with Gasteiger partial charge in [0.1, 0.15) is 12.1 Å². The Balaban J connectivity index is 2.24. The number of nitrogens with zero attached hydrogens (tertiary/aromatic N) is 3. The van der Waals surface area contributed by atoms with Crippen LogP contribution in [0, 0.1) is 29.1 Å². The normalized spacial score (nSPS) is 18.6. The third kappa shape index (κ3) is 15.8. The van der Waals surface area contributed by atoms with Gasteiger partial charge < -0.3 is 45.2 Å². The Kier molecular flexibility index (Phi) is 22.2. The number of rotatable bonds is 24. The Labute approximate surface area is 378 Å². The van der Waals surface area contributed by atoms with Gasteiger partial charge in [-0.3, -0.25) is 28.8 Å². The summed E-state index contributed by atoms with van der Waals surface area (Å²) in [5, 5.41) is 19.6. The fourth-order valence-electron chi connectivity index (χ4n) is 8.58. The van der Waals surface area contributed by atoms with E-state index in [2.05, 4.69) is 16.0 Å². The van der Waals surface area contributed by atoms with Crippen molar-refractivity contribution in [1.29, 1.82) is 0 Å². The van der Waals surface area contributed by atoms with E-state index in [1.807, 2.05) is 80.5 Å². The Morgan fingerprint density at radius 2 is 1.48 bits per heavy atom. The number of aliphatic hydroxyl groups excluding tert-OH is 1. The molecule has 0 saturated carbocycles. The molecule has 0 spiro atoms. The first-order valence-corrected chi connectivity index (χ1v) is 22.9. The molecule has 0 radical (unpaired) electrons. The van der Waals surface area contributed by atoms with E-state index in [-0.39, 0.29) is 78.0 Å². The van der Waals surface area contributed by atoms with Gasteiger partial charge in [0.05, 0.1) is 48.8 Å². The summed E-state index contributed by atoms with van der Waals surface area (Å²) in [6.07, 6.45) is -0.309. The van der Waals surface area contributed by atoms with E-state index in [1.54, 1.807) is 49.9 Å². The first-order chi connectivity index (χ1) is 29.4. The predicted octanol–water partition coefficient (Wildman–Crippen LogP) is 4.71. The van der Waals surface area contributed by atoms with Crippen molar-refractivity contribution in [2.24, 2.45) is 29.1 Å². The number of nitrogens with one attached hydrogen (secondary N) is 3. The Bertz CT molecular complexity index is 1640. The van der Waals surface area contributed by atoms with Gasteiger partial charge in [-0.25, -0.2) is 0 Å². The third-order valence-corrected chi connectivity index (χ3v) is 12.6. The van der Waals surface area contributed by atoms with E-state index in [0.29, 0.717) is 31.5 Å². The van der Waals surface area contributed by atoms with Crippen molar-refractivity contribution < 1.29 is 43.3 Å². The second-order valence-corrected chi connectivity index (χ2v) is 19.5. The number of methoxy groups -OCH3 is 2. The summed E-state index contributed by atoms with van der Waals surface area (Å²) in [5.74, 6) is -3.28. The second-order valence-electron chi connectivity index (χ2n) is 19.5. The van der Waals surface area contributed by atoms with Crippen LogP contribution in [0.15, 0.2) is 30.3 Å². The van der Waals surface area contributed by atoms with Gasteiger partial charge in [0.15, 0.2) is 0 Å². The highest BCUT2D eigenvalue weighted by molar-refractivity contribution is 5.93. The molecule has 1 heterocycles. The second kappa shape index (κ2) is 25.4. The quantitative estimate of drug-likeness (QED) is 0.114. The van der Waals surface area contributed by atoms with Crippen LogP contribution in [-0.4, -0.2) is 139 Å². The van der Waals surface area contributed by atoms with E-state index >= 15 is 0 Å². The minimum absolute atomic E-state index is 0.00784. The van der Waals surface area contributed by atoms with Gasteiger partial charge in [0, 0.05) is 54.2 Å². The molecule has 2 rings (SSSR count). The molecule has 0 aliphatic carbocycles. The average molecular weight is 887 g/mol. The van der Waals surface area contributed by atoms with Crippen LogP contribution in [0.25, 0.3) is 0 Å². The number of hydrogen-bond donors (Lipinski definition) is 4. The van der Waals surface area contributed by atoms with Gasteiger partial charge >= 0.3 is 0 Å². The molecule has 1 aliphatic heterocycles. The smallest absolute Gasteiger partial charge is 0.245 e. The number of carbonyl (C=O) groups excluding carboxylic acids is 6. The molecule has 15 nitrogen and oxygen atoms in total. The monoisotopic (exact) mass is 887 g/mol. The van der Waals surface area contributed by atoms with Crippen molar-refractivity contribution in [2.75, 3.05) is 41.4 Å². The van der Waals surface area contributed by atoms with Crippen LogP contribution in [0.4, 0.5) is 0 Å². The van der Waals surface area contributed by atoms with Crippen molar-refractivity contribution in [1.82, 2.24) is 30.7 Å². The van der Waals surface area contributed by atoms with E-state index in [9.17, 15) is 33.9 Å². The highest BCUT2D eigenvalue weighted by atomic mass is 16.5. The molecule has 0 aromatic heterocycles. The summed E-state index contributed by atoms with van der Waals surface area (Å²) >= 11 is 0. The Hall–Kier alpha value is -4.08. The van der Waals surface area contributed by atoms with E-state index in [0.717, 1.165) is 6.42 Å². The van der Waals surface area contributed by atoms with Crippen LogP contribution >= 0.6 is 0 Å². The largest absolute Gasteiger partial charge is 0.386 e. The molecule has 1 fully saturated rings. The maximum atomic E-state index is 14.5. The van der Waals surface area contributed by atoms with Crippen LogP contribution < -0.4 is 16.0 Å². The molecule has 63 heavy (non-hydrogen) atoms. The Morgan fingerprint density at radius 3 is 2.00 bits per heavy atom. The van der Waals surface area contributed by atoms with Crippen molar-refractivity contribution in [2.45, 2.75) is 163 Å². The van der Waals surface area contributed by atoms with Crippen molar-refractivity contribution in [3.63, 3.8) is 0 Å². The summed E-state index contributed by atoms with van der Waals surface area (Å²) in [6, 6.07) is 5.77. The summed E-state index contributed by atoms with van der Waals surface area (Å²) in [4.78, 5) is 86.9. The number of hydrogen-bond acceptors (Lipinski definition) is 9. The van der Waals surface area contributed by atoms with Gasteiger partial charge in [0.2, 0.25) is 35.4 Å². The number of likely N-dealkylation sites (tertiary alicyclic amines) is 1. The molecule has 358 valence electrons. The third-order valence-electron chi connectivity index (χ3n) is 12.6. The maximum absolute atomic E-state index is 14.5. The summed E-state index contributed by atoms with van der Waals surface area (Å²) < 4.78 is 12.0. The van der Waals surface area contributed by atoms with Gasteiger partial charge in [-0.2, -0.15) is 0 Å². The van der Waals surface area contributed by atoms with Gasteiger partial charge in [-0.1, -0.05) is 106 Å². The lowest BCUT2D eigenvalue weighted by Crippen LogP contribution is -2.60. The first kappa shape index (κ1) is 55.1. The molecule has 1 saturated heterocycles. The highest BCUT2D eigenvalue weighted by Gasteiger charge is 2.43. The SMILES string of the molecule is CC[C@H](C)C([C@@H](CC(=O)N1CCC[C@H]1[C@H](OC)[C@@H](C)C(=O)N[C@H](C)[C@@H](O)c1ccccc1)OC)N(C)C(=O)[C@@H](NC(=O)C(C(C)C)N(C)C(=O)CCC(=O)NCC(C)(C)C)C(C)C. The lowest BCUT2D eigenvalue weighted by atomic mass is 9.89. The highest BCUT2D eigenvalue weighted by Crippen LogP contribution is 2.30. The van der Waals surface area contributed by atoms with Crippen LogP contribution in [0.3, 0.4) is 0 Å². The minimum Gasteiger partial charge on any atom is -0.386 e. The van der Waals surface area contributed by atoms with E-state index in [4.69, 9.17) is 9.47 Å². The minimum atomic E-state index is -0.954. The summed E-state index contributed by atoms with van der Waals surface area (Å²) in [7, 11) is 6.28. The molecule has 1 aromatic rings. The molecule has 1 aliphatic rings. The number of amides is 6. The summed E-state index contributed by atoms with van der Waals surface area (Å²) in [5.41, 5.74) is 0.588.